The highest BCUT2D eigenvalue weighted by Gasteiger charge is 2.39. The van der Waals surface area contributed by atoms with E-state index in [2.05, 4.69) is 5.32 Å². The van der Waals surface area contributed by atoms with Gasteiger partial charge in [0, 0.05) is 30.2 Å². The van der Waals surface area contributed by atoms with Crippen molar-refractivity contribution in [1.82, 2.24) is 10.2 Å². The Bertz CT molecular complexity index is 535. The molecule has 1 aromatic rings. The number of likely N-dealkylation sites (N-methyl/N-ethyl adjacent to an activating group) is 1. The quantitative estimate of drug-likeness (QED) is 0.889. The first-order valence-corrected chi connectivity index (χ1v) is 8.38. The molecular weight excluding hydrogens is 338 g/mol. The fraction of sp³-hybridized carbons (Fsp3) is 0.588. The zero-order chi connectivity index (χ0) is 15.7. The van der Waals surface area contributed by atoms with Crippen LogP contribution in [0.1, 0.15) is 37.7 Å². The van der Waals surface area contributed by atoms with Gasteiger partial charge in [-0.25, -0.2) is 4.39 Å². The third-order valence-corrected chi connectivity index (χ3v) is 5.35. The van der Waals surface area contributed by atoms with E-state index in [1.54, 1.807) is 24.1 Å². The maximum absolute atomic E-state index is 13.9. The summed E-state index contributed by atoms with van der Waals surface area (Å²) < 4.78 is 13.9. The van der Waals surface area contributed by atoms with E-state index in [1.165, 1.54) is 25.3 Å². The summed E-state index contributed by atoms with van der Waals surface area (Å²) in [6.07, 6.45) is 5.79. The van der Waals surface area contributed by atoms with Gasteiger partial charge in [-0.1, -0.05) is 30.5 Å². The molecule has 0 bridgehead atoms. The van der Waals surface area contributed by atoms with Gasteiger partial charge < -0.3 is 10.2 Å². The molecule has 128 valence electrons. The van der Waals surface area contributed by atoms with Crippen molar-refractivity contribution in [2.24, 2.45) is 5.92 Å². The fourth-order valence-electron chi connectivity index (χ4n) is 3.78. The smallest absolute Gasteiger partial charge is 0.239 e. The van der Waals surface area contributed by atoms with E-state index >= 15 is 0 Å². The van der Waals surface area contributed by atoms with Crippen molar-refractivity contribution in [1.29, 1.82) is 0 Å². The van der Waals surface area contributed by atoms with Crippen LogP contribution in [0.4, 0.5) is 4.39 Å². The second kappa shape index (κ2) is 7.82. The van der Waals surface area contributed by atoms with Gasteiger partial charge in [0.25, 0.3) is 0 Å². The molecule has 1 amide bonds. The minimum Gasteiger partial charge on any atom is -0.340 e. The van der Waals surface area contributed by atoms with E-state index in [9.17, 15) is 9.18 Å². The van der Waals surface area contributed by atoms with Crippen molar-refractivity contribution in [2.45, 2.75) is 50.7 Å². The summed E-state index contributed by atoms with van der Waals surface area (Å²) in [5, 5.41) is 3.84. The van der Waals surface area contributed by atoms with Gasteiger partial charge >= 0.3 is 0 Å². The van der Waals surface area contributed by atoms with Crippen LogP contribution in [0.2, 0.25) is 5.02 Å². The van der Waals surface area contributed by atoms with Crippen LogP contribution in [0.3, 0.4) is 0 Å². The Kier molecular flexibility index (Phi) is 6.29. The predicted molar refractivity (Wildman–Crippen MR) is 92.4 cm³/mol. The van der Waals surface area contributed by atoms with Crippen LogP contribution in [0.15, 0.2) is 18.2 Å². The van der Waals surface area contributed by atoms with Crippen LogP contribution >= 0.6 is 24.0 Å². The van der Waals surface area contributed by atoms with E-state index in [-0.39, 0.29) is 36.7 Å². The maximum Gasteiger partial charge on any atom is 0.239 e. The SMILES string of the molecule is CN(Cc1c(F)cccc1Cl)C(=O)C1CC2CCCCC2N1.Cl. The second-order valence-corrected chi connectivity index (χ2v) is 6.91. The van der Waals surface area contributed by atoms with E-state index in [1.807, 2.05) is 0 Å². The molecule has 3 rings (SSSR count). The minimum atomic E-state index is -0.361. The second-order valence-electron chi connectivity index (χ2n) is 6.50. The lowest BCUT2D eigenvalue weighted by molar-refractivity contribution is -0.132. The highest BCUT2D eigenvalue weighted by Crippen LogP contribution is 2.33. The van der Waals surface area contributed by atoms with Crippen molar-refractivity contribution in [3.8, 4) is 0 Å². The summed E-state index contributed by atoms with van der Waals surface area (Å²) in [6.45, 7) is 0.206. The zero-order valence-corrected chi connectivity index (χ0v) is 14.8. The molecule has 23 heavy (non-hydrogen) atoms. The Hall–Kier alpha value is -0.840. The first kappa shape index (κ1) is 18.5. The molecule has 0 spiro atoms. The van der Waals surface area contributed by atoms with Crippen LogP contribution in [-0.4, -0.2) is 29.9 Å². The molecule has 3 nitrogen and oxygen atoms in total. The van der Waals surface area contributed by atoms with Crippen LogP contribution in [0.5, 0.6) is 0 Å². The number of hydrogen-bond donors (Lipinski definition) is 1. The van der Waals surface area contributed by atoms with Gasteiger partial charge in [-0.3, -0.25) is 4.79 Å². The highest BCUT2D eigenvalue weighted by atomic mass is 35.5. The molecule has 0 aromatic heterocycles. The van der Waals surface area contributed by atoms with E-state index in [0.29, 0.717) is 22.5 Å². The van der Waals surface area contributed by atoms with Gasteiger partial charge in [-0.2, -0.15) is 0 Å². The molecule has 3 atom stereocenters. The molecular formula is C17H23Cl2FN2O. The fourth-order valence-corrected chi connectivity index (χ4v) is 4.00. The number of halogens is 3. The Labute approximate surface area is 148 Å². The summed E-state index contributed by atoms with van der Waals surface area (Å²) in [4.78, 5) is 14.2. The van der Waals surface area contributed by atoms with Gasteiger partial charge in [0.15, 0.2) is 0 Å². The molecule has 1 aromatic carbocycles. The summed E-state index contributed by atoms with van der Waals surface area (Å²) in [7, 11) is 1.72. The van der Waals surface area contributed by atoms with Crippen molar-refractivity contribution in [3.05, 3.63) is 34.6 Å². The lowest BCUT2D eigenvalue weighted by Gasteiger charge is -2.24. The molecule has 1 aliphatic heterocycles. The Morgan fingerprint density at radius 3 is 2.83 bits per heavy atom. The van der Waals surface area contributed by atoms with E-state index < -0.39 is 0 Å². The molecule has 1 saturated heterocycles. The summed E-state index contributed by atoms with van der Waals surface area (Å²) in [5.41, 5.74) is 0.385. The Morgan fingerprint density at radius 1 is 1.39 bits per heavy atom. The molecule has 1 heterocycles. The summed E-state index contributed by atoms with van der Waals surface area (Å²) in [6, 6.07) is 4.95. The van der Waals surface area contributed by atoms with E-state index in [4.69, 9.17) is 11.6 Å². The van der Waals surface area contributed by atoms with Crippen LogP contribution < -0.4 is 5.32 Å². The van der Waals surface area contributed by atoms with Gasteiger partial charge in [-0.15, -0.1) is 12.4 Å². The lowest BCUT2D eigenvalue weighted by Crippen LogP contribution is -2.43. The van der Waals surface area contributed by atoms with Crippen molar-refractivity contribution < 1.29 is 9.18 Å². The minimum absolute atomic E-state index is 0. The van der Waals surface area contributed by atoms with Crippen molar-refractivity contribution in [2.75, 3.05) is 7.05 Å². The molecule has 6 heteroatoms. The Balaban J connectivity index is 0.00000192. The largest absolute Gasteiger partial charge is 0.340 e. The number of rotatable bonds is 3. The topological polar surface area (TPSA) is 32.3 Å². The number of nitrogens with zero attached hydrogens (tertiary/aromatic N) is 1. The van der Waals surface area contributed by atoms with Crippen molar-refractivity contribution in [3.63, 3.8) is 0 Å². The summed E-state index contributed by atoms with van der Waals surface area (Å²) in [5.74, 6) is 0.294. The lowest BCUT2D eigenvalue weighted by atomic mass is 9.85. The number of amides is 1. The molecule has 1 N–H and O–H groups in total. The van der Waals surface area contributed by atoms with Gasteiger partial charge in [0.05, 0.1) is 6.04 Å². The monoisotopic (exact) mass is 360 g/mol. The number of fused-ring (bicyclic) bond motifs is 1. The zero-order valence-electron chi connectivity index (χ0n) is 13.2. The normalized spacial score (nSPS) is 26.3. The third kappa shape index (κ3) is 3.98. The summed E-state index contributed by atoms with van der Waals surface area (Å²) >= 11 is 6.04. The van der Waals surface area contributed by atoms with E-state index in [0.717, 1.165) is 12.8 Å². The number of benzene rings is 1. The predicted octanol–water partition coefficient (Wildman–Crippen LogP) is 3.78. The van der Waals surface area contributed by atoms with Gasteiger partial charge in [-0.05, 0) is 37.3 Å². The van der Waals surface area contributed by atoms with Crippen molar-refractivity contribution >= 4 is 29.9 Å². The first-order valence-electron chi connectivity index (χ1n) is 8.00. The highest BCUT2D eigenvalue weighted by molar-refractivity contribution is 6.31. The molecule has 1 saturated carbocycles. The number of carbonyl (C=O) groups excluding carboxylic acids is 1. The molecule has 2 aliphatic rings. The third-order valence-electron chi connectivity index (χ3n) is 4.99. The molecule has 2 fully saturated rings. The first-order chi connectivity index (χ1) is 10.6. The average Bonchev–Trinajstić information content (AvgIpc) is 2.94. The number of nitrogens with one attached hydrogen (secondary N) is 1. The number of carbonyl (C=O) groups is 1. The Morgan fingerprint density at radius 2 is 2.13 bits per heavy atom. The molecule has 1 aliphatic carbocycles. The average molecular weight is 361 g/mol. The number of hydrogen-bond acceptors (Lipinski definition) is 2. The van der Waals surface area contributed by atoms with Crippen LogP contribution in [0, 0.1) is 11.7 Å². The molecule has 0 radical (unpaired) electrons. The standard InChI is InChI=1S/C17H22ClFN2O.ClH/c1-21(10-12-13(18)6-4-7-14(12)19)17(22)16-9-11-5-2-3-8-15(11)20-16;/h4,6-7,11,15-16,20H,2-3,5,8-10H2,1H3;1H. The van der Waals surface area contributed by atoms with Crippen LogP contribution in [-0.2, 0) is 11.3 Å². The molecule has 3 unspecified atom stereocenters. The van der Waals surface area contributed by atoms with Crippen LogP contribution in [0.25, 0.3) is 0 Å². The maximum atomic E-state index is 13.9. The van der Waals surface area contributed by atoms with Gasteiger partial charge in [0.1, 0.15) is 5.82 Å². The van der Waals surface area contributed by atoms with Gasteiger partial charge in [0.2, 0.25) is 5.91 Å².